The van der Waals surface area contributed by atoms with Crippen molar-refractivity contribution in [2.45, 2.75) is 58.4 Å². The molecule has 0 spiro atoms. The van der Waals surface area contributed by atoms with E-state index in [1.807, 2.05) is 56.0 Å². The third-order valence-corrected chi connectivity index (χ3v) is 5.61. The highest BCUT2D eigenvalue weighted by atomic mass is 16.2. The largest absolute Gasteiger partial charge is 0.341 e. The van der Waals surface area contributed by atoms with Gasteiger partial charge in [-0.3, -0.25) is 14.6 Å². The lowest BCUT2D eigenvalue weighted by molar-refractivity contribution is -0.139. The Labute approximate surface area is 161 Å². The number of hydrogen-bond donors (Lipinski definition) is 1. The molecule has 5 heteroatoms. The summed E-state index contributed by atoms with van der Waals surface area (Å²) in [6.07, 6.45) is 4.44. The SMILES string of the molecule is CCN(CC)C(=O)C1(NC(=O)c2cc(C)nc3ccccc23)CCCCC1. The molecule has 144 valence electrons. The molecule has 2 amide bonds. The van der Waals surface area contributed by atoms with Crippen LogP contribution >= 0.6 is 0 Å². The Hall–Kier alpha value is -2.43. The zero-order valence-electron chi connectivity index (χ0n) is 16.5. The van der Waals surface area contributed by atoms with Crippen molar-refractivity contribution >= 4 is 22.7 Å². The van der Waals surface area contributed by atoms with Crippen molar-refractivity contribution < 1.29 is 9.59 Å². The van der Waals surface area contributed by atoms with E-state index in [4.69, 9.17) is 0 Å². The lowest BCUT2D eigenvalue weighted by Gasteiger charge is -2.40. The van der Waals surface area contributed by atoms with Crippen LogP contribution in [0.5, 0.6) is 0 Å². The molecule has 1 heterocycles. The molecular formula is C22H29N3O2. The fourth-order valence-corrected chi connectivity index (χ4v) is 4.14. The Bertz CT molecular complexity index is 837. The van der Waals surface area contributed by atoms with Crippen LogP contribution < -0.4 is 5.32 Å². The quantitative estimate of drug-likeness (QED) is 0.873. The fourth-order valence-electron chi connectivity index (χ4n) is 4.14. The smallest absolute Gasteiger partial charge is 0.252 e. The van der Waals surface area contributed by atoms with E-state index in [-0.39, 0.29) is 11.8 Å². The van der Waals surface area contributed by atoms with Crippen molar-refractivity contribution in [3.8, 4) is 0 Å². The van der Waals surface area contributed by atoms with E-state index in [1.54, 1.807) is 0 Å². The number of carbonyl (C=O) groups is 2. The van der Waals surface area contributed by atoms with Crippen LogP contribution in [0.25, 0.3) is 10.9 Å². The first-order valence-electron chi connectivity index (χ1n) is 9.99. The van der Waals surface area contributed by atoms with E-state index >= 15 is 0 Å². The average Bonchev–Trinajstić information content (AvgIpc) is 2.68. The predicted octanol–water partition coefficient (Wildman–Crippen LogP) is 3.84. The number of pyridine rings is 1. The molecule has 1 aliphatic rings. The third-order valence-electron chi connectivity index (χ3n) is 5.61. The van der Waals surface area contributed by atoms with Crippen LogP contribution in [-0.2, 0) is 4.79 Å². The molecule has 0 saturated heterocycles. The number of hydrogen-bond acceptors (Lipinski definition) is 3. The summed E-state index contributed by atoms with van der Waals surface area (Å²) >= 11 is 0. The van der Waals surface area contributed by atoms with Gasteiger partial charge >= 0.3 is 0 Å². The van der Waals surface area contributed by atoms with E-state index < -0.39 is 5.54 Å². The summed E-state index contributed by atoms with van der Waals surface area (Å²) in [6.45, 7) is 7.17. The van der Waals surface area contributed by atoms with Crippen molar-refractivity contribution in [3.63, 3.8) is 0 Å². The number of rotatable bonds is 5. The summed E-state index contributed by atoms with van der Waals surface area (Å²) in [7, 11) is 0. The molecule has 1 aromatic carbocycles. The molecule has 1 N–H and O–H groups in total. The van der Waals surface area contributed by atoms with Gasteiger partial charge in [0.15, 0.2) is 0 Å². The van der Waals surface area contributed by atoms with Crippen molar-refractivity contribution in [2.24, 2.45) is 0 Å². The van der Waals surface area contributed by atoms with Gasteiger partial charge < -0.3 is 10.2 Å². The third kappa shape index (κ3) is 3.82. The van der Waals surface area contributed by atoms with E-state index in [1.165, 1.54) is 0 Å². The fraction of sp³-hybridized carbons (Fsp3) is 0.500. The van der Waals surface area contributed by atoms with Crippen LogP contribution in [-0.4, -0.2) is 40.3 Å². The number of nitrogens with one attached hydrogen (secondary N) is 1. The summed E-state index contributed by atoms with van der Waals surface area (Å²) < 4.78 is 0. The number of benzene rings is 1. The molecule has 5 nitrogen and oxygen atoms in total. The predicted molar refractivity (Wildman–Crippen MR) is 108 cm³/mol. The number of likely N-dealkylation sites (N-methyl/N-ethyl adjacent to an activating group) is 1. The summed E-state index contributed by atoms with van der Waals surface area (Å²) in [5.74, 6) is -0.130. The number of carbonyl (C=O) groups excluding carboxylic acids is 2. The average molecular weight is 367 g/mol. The second-order valence-corrected chi connectivity index (χ2v) is 7.40. The minimum absolute atomic E-state index is 0.0515. The molecular weight excluding hydrogens is 338 g/mol. The van der Waals surface area contributed by atoms with E-state index in [0.29, 0.717) is 31.5 Å². The summed E-state index contributed by atoms with van der Waals surface area (Å²) in [5.41, 5.74) is 1.40. The second kappa shape index (κ2) is 8.07. The second-order valence-electron chi connectivity index (χ2n) is 7.40. The van der Waals surface area contributed by atoms with Gasteiger partial charge in [0.1, 0.15) is 5.54 Å². The van der Waals surface area contributed by atoms with Crippen molar-refractivity contribution in [3.05, 3.63) is 41.6 Å². The maximum absolute atomic E-state index is 13.3. The zero-order chi connectivity index (χ0) is 19.4. The maximum Gasteiger partial charge on any atom is 0.252 e. The summed E-state index contributed by atoms with van der Waals surface area (Å²) in [5, 5.41) is 3.98. The van der Waals surface area contributed by atoms with Gasteiger partial charge in [-0.25, -0.2) is 0 Å². The molecule has 2 aromatic rings. The highest BCUT2D eigenvalue weighted by Crippen LogP contribution is 2.31. The van der Waals surface area contributed by atoms with Gasteiger partial charge in [0.2, 0.25) is 5.91 Å². The van der Waals surface area contributed by atoms with Gasteiger partial charge in [-0.15, -0.1) is 0 Å². The molecule has 27 heavy (non-hydrogen) atoms. The number of amides is 2. The Morgan fingerprint density at radius 1 is 1.11 bits per heavy atom. The first-order chi connectivity index (χ1) is 13.0. The number of aromatic nitrogens is 1. The zero-order valence-corrected chi connectivity index (χ0v) is 16.5. The van der Waals surface area contributed by atoms with Crippen LogP contribution in [0.15, 0.2) is 30.3 Å². The standard InChI is InChI=1S/C22H29N3O2/c1-4-25(5-2)21(27)22(13-9-6-10-14-22)24-20(26)18-15-16(3)23-19-12-8-7-11-17(18)19/h7-8,11-12,15H,4-6,9-10,13-14H2,1-3H3,(H,24,26). The number of aryl methyl sites for hydroxylation is 1. The minimum atomic E-state index is -0.792. The highest BCUT2D eigenvalue weighted by molar-refractivity contribution is 6.08. The molecule has 3 rings (SSSR count). The van der Waals surface area contributed by atoms with Crippen molar-refractivity contribution in [1.82, 2.24) is 15.2 Å². The minimum Gasteiger partial charge on any atom is -0.341 e. The number of nitrogens with zero attached hydrogens (tertiary/aromatic N) is 2. The van der Waals surface area contributed by atoms with Crippen molar-refractivity contribution in [1.29, 1.82) is 0 Å². The van der Waals surface area contributed by atoms with E-state index in [2.05, 4.69) is 10.3 Å². The van der Waals surface area contributed by atoms with E-state index in [9.17, 15) is 9.59 Å². The molecule has 0 radical (unpaired) electrons. The normalized spacial score (nSPS) is 16.1. The Kier molecular flexibility index (Phi) is 5.78. The Morgan fingerprint density at radius 3 is 2.44 bits per heavy atom. The molecule has 1 fully saturated rings. The monoisotopic (exact) mass is 367 g/mol. The summed E-state index contributed by atoms with van der Waals surface area (Å²) in [6, 6.07) is 9.47. The lowest BCUT2D eigenvalue weighted by Crippen LogP contribution is -2.60. The van der Waals surface area contributed by atoms with Crippen LogP contribution in [0.3, 0.4) is 0 Å². The highest BCUT2D eigenvalue weighted by Gasteiger charge is 2.43. The Balaban J connectivity index is 1.97. The van der Waals surface area contributed by atoms with Gasteiger partial charge in [0, 0.05) is 24.2 Å². The van der Waals surface area contributed by atoms with Crippen LogP contribution in [0.2, 0.25) is 0 Å². The number of para-hydroxylation sites is 1. The van der Waals surface area contributed by atoms with Crippen LogP contribution in [0, 0.1) is 6.92 Å². The van der Waals surface area contributed by atoms with Crippen LogP contribution in [0.4, 0.5) is 0 Å². The molecule has 1 aliphatic carbocycles. The molecule has 0 bridgehead atoms. The molecule has 0 aliphatic heterocycles. The molecule has 1 aromatic heterocycles. The van der Waals surface area contributed by atoms with E-state index in [0.717, 1.165) is 35.9 Å². The van der Waals surface area contributed by atoms with Gasteiger partial charge in [-0.05, 0) is 45.7 Å². The Morgan fingerprint density at radius 2 is 1.78 bits per heavy atom. The lowest BCUT2D eigenvalue weighted by atomic mass is 9.80. The molecule has 0 atom stereocenters. The topological polar surface area (TPSA) is 62.3 Å². The van der Waals surface area contributed by atoms with Crippen LogP contribution in [0.1, 0.15) is 62.0 Å². The molecule has 0 unspecified atom stereocenters. The summed E-state index contributed by atoms with van der Waals surface area (Å²) in [4.78, 5) is 32.9. The van der Waals surface area contributed by atoms with Gasteiger partial charge in [-0.2, -0.15) is 0 Å². The maximum atomic E-state index is 13.3. The molecule has 1 saturated carbocycles. The van der Waals surface area contributed by atoms with Gasteiger partial charge in [-0.1, -0.05) is 37.5 Å². The first-order valence-corrected chi connectivity index (χ1v) is 9.99. The first kappa shape index (κ1) is 19.3. The number of fused-ring (bicyclic) bond motifs is 1. The van der Waals surface area contributed by atoms with Crippen molar-refractivity contribution in [2.75, 3.05) is 13.1 Å². The van der Waals surface area contributed by atoms with Gasteiger partial charge in [0.05, 0.1) is 11.1 Å². The van der Waals surface area contributed by atoms with Gasteiger partial charge in [0.25, 0.3) is 5.91 Å².